The smallest absolute Gasteiger partial charge is 0.271 e. The SMILES string of the molecule is COc1ccc(C(=O)N/N=C(/C)CC(=O)NC[C@@H]2CCCO2)cc1OC. The van der Waals surface area contributed by atoms with E-state index in [0.29, 0.717) is 29.3 Å². The molecule has 0 radical (unpaired) electrons. The molecular weight excluding hydrogens is 338 g/mol. The van der Waals surface area contributed by atoms with E-state index in [2.05, 4.69) is 15.8 Å². The number of nitrogens with one attached hydrogen (secondary N) is 2. The highest BCUT2D eigenvalue weighted by molar-refractivity contribution is 6.01. The molecule has 8 nitrogen and oxygen atoms in total. The molecule has 2 rings (SSSR count). The number of methoxy groups -OCH3 is 2. The van der Waals surface area contributed by atoms with Crippen LogP contribution in [-0.2, 0) is 9.53 Å². The molecule has 142 valence electrons. The van der Waals surface area contributed by atoms with E-state index < -0.39 is 5.91 Å². The zero-order valence-corrected chi connectivity index (χ0v) is 15.3. The molecule has 26 heavy (non-hydrogen) atoms. The van der Waals surface area contributed by atoms with Gasteiger partial charge in [0.1, 0.15) is 0 Å². The first-order valence-electron chi connectivity index (χ1n) is 8.47. The van der Waals surface area contributed by atoms with Crippen molar-refractivity contribution in [3.63, 3.8) is 0 Å². The molecule has 2 N–H and O–H groups in total. The van der Waals surface area contributed by atoms with Crippen LogP contribution in [0.4, 0.5) is 0 Å². The Morgan fingerprint density at radius 1 is 1.27 bits per heavy atom. The van der Waals surface area contributed by atoms with Crippen LogP contribution in [0, 0.1) is 0 Å². The molecule has 1 saturated heterocycles. The van der Waals surface area contributed by atoms with Crippen LogP contribution in [0.2, 0.25) is 0 Å². The molecule has 1 aliphatic rings. The first-order valence-corrected chi connectivity index (χ1v) is 8.47. The Morgan fingerprint density at radius 3 is 2.69 bits per heavy atom. The maximum Gasteiger partial charge on any atom is 0.271 e. The number of ether oxygens (including phenoxy) is 3. The molecule has 0 unspecified atom stereocenters. The predicted molar refractivity (Wildman–Crippen MR) is 96.7 cm³/mol. The summed E-state index contributed by atoms with van der Waals surface area (Å²) in [5.41, 5.74) is 3.32. The third-order valence-corrected chi connectivity index (χ3v) is 3.96. The van der Waals surface area contributed by atoms with Crippen LogP contribution < -0.4 is 20.2 Å². The average Bonchev–Trinajstić information content (AvgIpc) is 3.17. The van der Waals surface area contributed by atoms with E-state index in [4.69, 9.17) is 14.2 Å². The number of nitrogens with zero attached hydrogens (tertiary/aromatic N) is 1. The number of hydrazone groups is 1. The molecular formula is C18H25N3O5. The van der Waals surface area contributed by atoms with Crippen molar-refractivity contribution in [2.24, 2.45) is 5.10 Å². The maximum absolute atomic E-state index is 12.2. The Bertz CT molecular complexity index is 669. The molecule has 0 aromatic heterocycles. The molecule has 1 heterocycles. The second-order valence-corrected chi connectivity index (χ2v) is 5.97. The Kier molecular flexibility index (Phi) is 7.40. The highest BCUT2D eigenvalue weighted by Crippen LogP contribution is 2.27. The van der Waals surface area contributed by atoms with Crippen LogP contribution in [0.3, 0.4) is 0 Å². The Balaban J connectivity index is 1.83. The molecule has 0 bridgehead atoms. The lowest BCUT2D eigenvalue weighted by Crippen LogP contribution is -2.33. The molecule has 8 heteroatoms. The van der Waals surface area contributed by atoms with Crippen LogP contribution in [0.25, 0.3) is 0 Å². The van der Waals surface area contributed by atoms with Gasteiger partial charge < -0.3 is 19.5 Å². The Hall–Kier alpha value is -2.61. The van der Waals surface area contributed by atoms with E-state index in [1.54, 1.807) is 25.1 Å². The van der Waals surface area contributed by atoms with Crippen LogP contribution >= 0.6 is 0 Å². The van der Waals surface area contributed by atoms with Gasteiger partial charge in [-0.3, -0.25) is 9.59 Å². The number of benzene rings is 1. The fourth-order valence-electron chi connectivity index (χ4n) is 2.56. The zero-order chi connectivity index (χ0) is 18.9. The summed E-state index contributed by atoms with van der Waals surface area (Å²) in [5.74, 6) is 0.438. The van der Waals surface area contributed by atoms with Crippen LogP contribution in [-0.4, -0.2) is 51.0 Å². The van der Waals surface area contributed by atoms with Gasteiger partial charge in [-0.05, 0) is 38.0 Å². The van der Waals surface area contributed by atoms with E-state index >= 15 is 0 Å². The topological polar surface area (TPSA) is 98.2 Å². The highest BCUT2D eigenvalue weighted by atomic mass is 16.5. The number of carbonyl (C=O) groups excluding carboxylic acids is 2. The van der Waals surface area contributed by atoms with Gasteiger partial charge >= 0.3 is 0 Å². The van der Waals surface area contributed by atoms with Gasteiger partial charge in [0.05, 0.1) is 26.7 Å². The van der Waals surface area contributed by atoms with Crippen molar-refractivity contribution in [1.29, 1.82) is 0 Å². The minimum atomic E-state index is -0.398. The summed E-state index contributed by atoms with van der Waals surface area (Å²) in [7, 11) is 3.02. The third kappa shape index (κ3) is 5.73. The second kappa shape index (κ2) is 9.76. The number of hydrogen-bond acceptors (Lipinski definition) is 6. The largest absolute Gasteiger partial charge is 0.493 e. The first-order chi connectivity index (χ1) is 12.5. The van der Waals surface area contributed by atoms with Crippen LogP contribution in [0.15, 0.2) is 23.3 Å². The van der Waals surface area contributed by atoms with E-state index in [9.17, 15) is 9.59 Å². The van der Waals surface area contributed by atoms with Gasteiger partial charge in [-0.25, -0.2) is 5.43 Å². The summed E-state index contributed by atoms with van der Waals surface area (Å²) in [5, 5.41) is 6.79. The number of carbonyl (C=O) groups is 2. The minimum Gasteiger partial charge on any atom is -0.493 e. The van der Waals surface area contributed by atoms with Crippen molar-refractivity contribution >= 4 is 17.5 Å². The van der Waals surface area contributed by atoms with Gasteiger partial charge in [0.2, 0.25) is 5.91 Å². The van der Waals surface area contributed by atoms with Crippen molar-refractivity contribution in [2.45, 2.75) is 32.3 Å². The molecule has 0 saturated carbocycles. The number of rotatable bonds is 8. The predicted octanol–water partition coefficient (Wildman–Crippen LogP) is 1.49. The highest BCUT2D eigenvalue weighted by Gasteiger charge is 2.16. The van der Waals surface area contributed by atoms with Gasteiger partial charge in [-0.1, -0.05) is 0 Å². The molecule has 2 amide bonds. The van der Waals surface area contributed by atoms with Crippen molar-refractivity contribution < 1.29 is 23.8 Å². The van der Waals surface area contributed by atoms with Gasteiger partial charge in [0.15, 0.2) is 11.5 Å². The molecule has 1 aromatic rings. The molecule has 0 aliphatic carbocycles. The molecule has 1 aromatic carbocycles. The maximum atomic E-state index is 12.2. The molecule has 0 spiro atoms. The molecule has 1 fully saturated rings. The first kappa shape index (κ1) is 19.7. The van der Waals surface area contributed by atoms with Crippen LogP contribution in [0.1, 0.15) is 36.5 Å². The van der Waals surface area contributed by atoms with Crippen molar-refractivity contribution in [2.75, 3.05) is 27.4 Å². The lowest BCUT2D eigenvalue weighted by Gasteiger charge is -2.11. The normalized spacial score (nSPS) is 16.9. The van der Waals surface area contributed by atoms with E-state index in [-0.39, 0.29) is 18.4 Å². The summed E-state index contributed by atoms with van der Waals surface area (Å²) >= 11 is 0. The molecule has 1 atom stereocenters. The van der Waals surface area contributed by atoms with E-state index in [1.165, 1.54) is 14.2 Å². The van der Waals surface area contributed by atoms with Crippen molar-refractivity contribution in [1.82, 2.24) is 10.7 Å². The standard InChI is InChI=1S/C18H25N3O5/c1-12(9-17(22)19-11-14-5-4-8-26-14)20-21-18(23)13-6-7-15(24-2)16(10-13)25-3/h6-7,10,14H,4-5,8-9,11H2,1-3H3,(H,19,22)(H,21,23)/b20-12-/t14-/m0/s1. The second-order valence-electron chi connectivity index (χ2n) is 5.97. The monoisotopic (exact) mass is 363 g/mol. The number of amides is 2. The van der Waals surface area contributed by atoms with Crippen LogP contribution in [0.5, 0.6) is 11.5 Å². The Morgan fingerprint density at radius 2 is 2.04 bits per heavy atom. The van der Waals surface area contributed by atoms with Crippen molar-refractivity contribution in [3.05, 3.63) is 23.8 Å². The lowest BCUT2D eigenvalue weighted by molar-refractivity contribution is -0.120. The Labute approximate surface area is 152 Å². The number of hydrogen-bond donors (Lipinski definition) is 2. The summed E-state index contributed by atoms with van der Waals surface area (Å²) in [4.78, 5) is 24.1. The summed E-state index contributed by atoms with van der Waals surface area (Å²) in [6, 6.07) is 4.81. The minimum absolute atomic E-state index is 0.0981. The third-order valence-electron chi connectivity index (χ3n) is 3.96. The zero-order valence-electron chi connectivity index (χ0n) is 15.3. The summed E-state index contributed by atoms with van der Waals surface area (Å²) in [6.07, 6.45) is 2.21. The quantitative estimate of drug-likeness (QED) is 0.539. The molecule has 1 aliphatic heterocycles. The van der Waals surface area contributed by atoms with E-state index in [0.717, 1.165) is 19.4 Å². The van der Waals surface area contributed by atoms with Gasteiger partial charge in [0.25, 0.3) is 5.91 Å². The van der Waals surface area contributed by atoms with Crippen molar-refractivity contribution in [3.8, 4) is 11.5 Å². The summed E-state index contributed by atoms with van der Waals surface area (Å²) < 4.78 is 15.8. The van der Waals surface area contributed by atoms with Gasteiger partial charge in [0, 0.05) is 24.4 Å². The van der Waals surface area contributed by atoms with E-state index in [1.807, 2.05) is 0 Å². The fraction of sp³-hybridized carbons (Fsp3) is 0.500. The van der Waals surface area contributed by atoms with Gasteiger partial charge in [-0.15, -0.1) is 0 Å². The lowest BCUT2D eigenvalue weighted by atomic mass is 10.2. The fourth-order valence-corrected chi connectivity index (χ4v) is 2.56. The summed E-state index contributed by atoms with van der Waals surface area (Å²) in [6.45, 7) is 2.94. The average molecular weight is 363 g/mol. The van der Waals surface area contributed by atoms with Gasteiger partial charge in [-0.2, -0.15) is 5.10 Å².